The summed E-state index contributed by atoms with van der Waals surface area (Å²) >= 11 is 0. The molecule has 3 rings (SSSR count). The molecule has 2 aromatic rings. The molecule has 2 amide bonds. The number of aliphatic hydroxyl groups excluding tert-OH is 1. The van der Waals surface area contributed by atoms with Gasteiger partial charge in [0.2, 0.25) is 11.8 Å². The minimum atomic E-state index is -0.356. The highest BCUT2D eigenvalue weighted by molar-refractivity contribution is 5.89. The molecule has 0 saturated carbocycles. The van der Waals surface area contributed by atoms with Crippen LogP contribution in [0.5, 0.6) is 0 Å². The average molecular weight is 531 g/mol. The normalized spacial score (nSPS) is 15.7. The van der Waals surface area contributed by atoms with Gasteiger partial charge in [-0.3, -0.25) is 9.59 Å². The van der Waals surface area contributed by atoms with Crippen LogP contribution in [0.25, 0.3) is 11.3 Å². The van der Waals surface area contributed by atoms with Gasteiger partial charge in [-0.2, -0.15) is 0 Å². The first-order valence-corrected chi connectivity index (χ1v) is 14.5. The van der Waals surface area contributed by atoms with Gasteiger partial charge in [0.1, 0.15) is 6.04 Å². The summed E-state index contributed by atoms with van der Waals surface area (Å²) in [5.41, 5.74) is 4.05. The Hall–Kier alpha value is -2.67. The molecule has 216 valence electrons. The number of nitrogens with one attached hydrogen (secondary N) is 2. The fourth-order valence-corrected chi connectivity index (χ4v) is 4.98. The molecule has 1 aromatic carbocycles. The number of hydrogen-bond donors (Lipinski definition) is 3. The molecule has 2 heterocycles. The zero-order chi connectivity index (χ0) is 29.3. The Labute approximate surface area is 231 Å². The third-order valence-corrected chi connectivity index (χ3v) is 6.87. The molecule has 1 saturated heterocycles. The van der Waals surface area contributed by atoms with Crippen LogP contribution in [0.1, 0.15) is 92.3 Å². The molecule has 1 aliphatic heterocycles. The molecule has 1 aromatic heterocycles. The molecule has 7 heteroatoms. The predicted molar refractivity (Wildman–Crippen MR) is 159 cm³/mol. The summed E-state index contributed by atoms with van der Waals surface area (Å²) < 4.78 is 0. The maximum Gasteiger partial charge on any atom is 0.243 e. The number of amides is 2. The number of carbonyl (C=O) groups is 2. The van der Waals surface area contributed by atoms with Crippen molar-refractivity contribution >= 4 is 11.8 Å². The Balaban J connectivity index is 0.00000213. The number of imidazole rings is 1. The fraction of sp³-hybridized carbons (Fsp3) is 0.645. The zero-order valence-electron chi connectivity index (χ0n) is 25.6. The average Bonchev–Trinajstić information content (AvgIpc) is 3.62. The third kappa shape index (κ3) is 9.90. The van der Waals surface area contributed by atoms with Gasteiger partial charge in [0.25, 0.3) is 0 Å². The van der Waals surface area contributed by atoms with E-state index in [2.05, 4.69) is 36.1 Å². The van der Waals surface area contributed by atoms with Crippen LogP contribution in [0.15, 0.2) is 30.6 Å². The van der Waals surface area contributed by atoms with Gasteiger partial charge >= 0.3 is 0 Å². The van der Waals surface area contributed by atoms with E-state index < -0.39 is 0 Å². The number of carbonyl (C=O) groups excluding carboxylic acids is 2. The van der Waals surface area contributed by atoms with E-state index in [-0.39, 0.29) is 23.8 Å². The minimum Gasteiger partial charge on any atom is -0.400 e. The Morgan fingerprint density at radius 3 is 2.21 bits per heavy atom. The summed E-state index contributed by atoms with van der Waals surface area (Å²) in [5, 5.41) is 10.1. The third-order valence-electron chi connectivity index (χ3n) is 6.87. The summed E-state index contributed by atoms with van der Waals surface area (Å²) in [4.78, 5) is 35.5. The molecule has 38 heavy (non-hydrogen) atoms. The summed E-state index contributed by atoms with van der Waals surface area (Å²) in [5.74, 6) is 0.840. The number of aromatic nitrogens is 2. The second kappa shape index (κ2) is 19.4. The van der Waals surface area contributed by atoms with Crippen LogP contribution in [-0.2, 0) is 16.1 Å². The van der Waals surface area contributed by atoms with Crippen molar-refractivity contribution in [3.8, 4) is 11.3 Å². The summed E-state index contributed by atoms with van der Waals surface area (Å²) in [7, 11) is 1.00. The van der Waals surface area contributed by atoms with Gasteiger partial charge < -0.3 is 20.3 Å². The lowest BCUT2D eigenvalue weighted by atomic mass is 9.80. The van der Waals surface area contributed by atoms with Crippen molar-refractivity contribution in [3.63, 3.8) is 0 Å². The van der Waals surface area contributed by atoms with E-state index in [1.807, 2.05) is 70.7 Å². The summed E-state index contributed by atoms with van der Waals surface area (Å²) in [6.45, 7) is 19.7. The van der Waals surface area contributed by atoms with Crippen LogP contribution in [0.4, 0.5) is 0 Å². The van der Waals surface area contributed by atoms with Gasteiger partial charge in [-0.15, -0.1) is 0 Å². The van der Waals surface area contributed by atoms with Crippen LogP contribution in [0.2, 0.25) is 0 Å². The van der Waals surface area contributed by atoms with Crippen molar-refractivity contribution < 1.29 is 14.7 Å². The highest BCUT2D eigenvalue weighted by Crippen LogP contribution is 2.30. The van der Waals surface area contributed by atoms with E-state index in [9.17, 15) is 9.59 Å². The van der Waals surface area contributed by atoms with Gasteiger partial charge in [-0.25, -0.2) is 4.98 Å². The number of likely N-dealkylation sites (tertiary alicyclic amines) is 1. The summed E-state index contributed by atoms with van der Waals surface area (Å²) in [6.07, 6.45) is 5.43. The van der Waals surface area contributed by atoms with Gasteiger partial charge in [0, 0.05) is 37.4 Å². The first kappa shape index (κ1) is 35.3. The molecular weight excluding hydrogens is 476 g/mol. The quantitative estimate of drug-likeness (QED) is 0.351. The first-order chi connectivity index (χ1) is 18.3. The van der Waals surface area contributed by atoms with Crippen LogP contribution in [-0.4, -0.2) is 51.5 Å². The minimum absolute atomic E-state index is 0.0492. The van der Waals surface area contributed by atoms with Crippen molar-refractivity contribution in [2.24, 2.45) is 17.8 Å². The predicted octanol–water partition coefficient (Wildman–Crippen LogP) is 6.36. The number of aliphatic hydroxyl groups is 1. The Morgan fingerprint density at radius 2 is 1.71 bits per heavy atom. The van der Waals surface area contributed by atoms with E-state index >= 15 is 0 Å². The van der Waals surface area contributed by atoms with E-state index in [4.69, 9.17) is 5.11 Å². The maximum absolute atomic E-state index is 13.3. The molecule has 0 radical (unpaired) electrons. The second-order valence-corrected chi connectivity index (χ2v) is 9.47. The molecule has 1 fully saturated rings. The molecule has 0 spiro atoms. The van der Waals surface area contributed by atoms with E-state index in [0.717, 1.165) is 55.3 Å². The Bertz CT molecular complexity index is 908. The van der Waals surface area contributed by atoms with E-state index in [1.54, 1.807) is 6.33 Å². The number of rotatable bonds is 9. The first-order valence-electron chi connectivity index (χ1n) is 14.5. The topological polar surface area (TPSA) is 98.3 Å². The molecular formula is C31H54N4O3. The van der Waals surface area contributed by atoms with Crippen molar-refractivity contribution in [2.45, 2.75) is 101 Å². The maximum atomic E-state index is 13.3. The van der Waals surface area contributed by atoms with Crippen LogP contribution in [0.3, 0.4) is 0 Å². The zero-order valence-corrected chi connectivity index (χ0v) is 25.6. The monoisotopic (exact) mass is 530 g/mol. The number of aryl methyl sites for hydroxylation is 1. The molecule has 1 unspecified atom stereocenters. The van der Waals surface area contributed by atoms with Gasteiger partial charge in [0.05, 0.1) is 12.0 Å². The van der Waals surface area contributed by atoms with Gasteiger partial charge in [-0.05, 0) is 43.6 Å². The lowest BCUT2D eigenvalue weighted by Gasteiger charge is -2.32. The van der Waals surface area contributed by atoms with E-state index in [0.29, 0.717) is 24.9 Å². The molecule has 7 nitrogen and oxygen atoms in total. The van der Waals surface area contributed by atoms with Crippen LogP contribution >= 0.6 is 0 Å². The van der Waals surface area contributed by atoms with Crippen molar-refractivity contribution in [1.29, 1.82) is 0 Å². The molecule has 1 aliphatic rings. The van der Waals surface area contributed by atoms with Crippen LogP contribution < -0.4 is 5.32 Å². The molecule has 0 bridgehead atoms. The lowest BCUT2D eigenvalue weighted by Crippen LogP contribution is -2.48. The number of aromatic amines is 1. The summed E-state index contributed by atoms with van der Waals surface area (Å²) in [6, 6.07) is 7.72. The van der Waals surface area contributed by atoms with Crippen molar-refractivity contribution in [2.75, 3.05) is 13.7 Å². The number of nitrogens with zero attached hydrogens (tertiary/aromatic N) is 2. The van der Waals surface area contributed by atoms with Gasteiger partial charge in [-0.1, -0.05) is 86.1 Å². The highest BCUT2D eigenvalue weighted by atomic mass is 16.2. The Kier molecular flexibility index (Phi) is 18.0. The van der Waals surface area contributed by atoms with Crippen molar-refractivity contribution in [1.82, 2.24) is 20.2 Å². The number of hydrogen-bond acceptors (Lipinski definition) is 4. The fourth-order valence-electron chi connectivity index (χ4n) is 4.98. The molecule has 3 N–H and O–H groups in total. The van der Waals surface area contributed by atoms with E-state index in [1.165, 1.54) is 0 Å². The Morgan fingerprint density at radius 1 is 1.11 bits per heavy atom. The second-order valence-electron chi connectivity index (χ2n) is 9.47. The van der Waals surface area contributed by atoms with Crippen molar-refractivity contribution in [3.05, 3.63) is 41.9 Å². The molecule has 3 atom stereocenters. The SMILES string of the molecule is CC.CC.CCC[C@@H](C(C)C)[C@@H](C)C(=O)N1CCCC1C(=O)NCc1ccc(-c2nc[nH]c2C)cc1.CO. The standard InChI is InChI=1S/C26H38N4O2.2C2H6.CH4O/c1-6-8-22(17(2)3)18(4)26(32)30-14-7-9-23(30)25(31)27-15-20-10-12-21(13-11-20)24-19(5)28-16-29-24;3*1-2/h10-13,16-18,22-23H,6-9,14-15H2,1-5H3,(H,27,31)(H,28,29);2*1-2H3;2H,1H3/t18-,22+,23?;;;/m1.../s1. The van der Waals surface area contributed by atoms with Gasteiger partial charge in [0.15, 0.2) is 0 Å². The highest BCUT2D eigenvalue weighted by Gasteiger charge is 2.38. The largest absolute Gasteiger partial charge is 0.400 e. The lowest BCUT2D eigenvalue weighted by molar-refractivity contribution is -0.143. The number of benzene rings is 1. The van der Waals surface area contributed by atoms with Crippen LogP contribution in [0, 0.1) is 24.7 Å². The molecule has 0 aliphatic carbocycles. The number of H-pyrrole nitrogens is 1. The smallest absolute Gasteiger partial charge is 0.243 e.